The van der Waals surface area contributed by atoms with E-state index in [9.17, 15) is 14.7 Å². The van der Waals surface area contributed by atoms with Gasteiger partial charge in [-0.1, -0.05) is 44.2 Å². The van der Waals surface area contributed by atoms with Crippen molar-refractivity contribution in [3.8, 4) is 0 Å². The summed E-state index contributed by atoms with van der Waals surface area (Å²) in [7, 11) is 0. The summed E-state index contributed by atoms with van der Waals surface area (Å²) >= 11 is 0. The highest BCUT2D eigenvalue weighted by Crippen LogP contribution is 2.51. The van der Waals surface area contributed by atoms with Crippen LogP contribution in [-0.4, -0.2) is 35.0 Å². The van der Waals surface area contributed by atoms with Gasteiger partial charge < -0.3 is 10.0 Å². The van der Waals surface area contributed by atoms with E-state index in [0.29, 0.717) is 19.5 Å². The normalized spacial score (nSPS) is 26.2. The fraction of sp³-hybridized carbons (Fsp3) is 0.556. The fourth-order valence-corrected chi connectivity index (χ4v) is 3.71. The van der Waals surface area contributed by atoms with E-state index < -0.39 is 16.8 Å². The second-order valence-electron chi connectivity index (χ2n) is 7.04. The minimum absolute atomic E-state index is 0.0229. The number of rotatable bonds is 4. The maximum absolute atomic E-state index is 13.0. The molecular weight excluding hydrogens is 278 g/mol. The van der Waals surface area contributed by atoms with Crippen LogP contribution in [0.15, 0.2) is 30.3 Å². The topological polar surface area (TPSA) is 57.6 Å². The number of carboxylic acids is 1. The Hall–Kier alpha value is -1.84. The first-order chi connectivity index (χ1) is 10.4. The van der Waals surface area contributed by atoms with Gasteiger partial charge in [0.05, 0.1) is 10.8 Å². The Kier molecular flexibility index (Phi) is 3.50. The van der Waals surface area contributed by atoms with Crippen LogP contribution >= 0.6 is 0 Å². The van der Waals surface area contributed by atoms with E-state index in [1.165, 1.54) is 0 Å². The van der Waals surface area contributed by atoms with Gasteiger partial charge in [0.25, 0.3) is 0 Å². The van der Waals surface area contributed by atoms with Crippen LogP contribution in [0.25, 0.3) is 0 Å². The predicted octanol–water partition coefficient (Wildman–Crippen LogP) is 2.68. The van der Waals surface area contributed by atoms with Crippen LogP contribution in [0.3, 0.4) is 0 Å². The summed E-state index contributed by atoms with van der Waals surface area (Å²) in [6.07, 6.45) is 2.29. The van der Waals surface area contributed by atoms with E-state index in [1.54, 1.807) is 4.90 Å². The highest BCUT2D eigenvalue weighted by atomic mass is 16.4. The van der Waals surface area contributed by atoms with Gasteiger partial charge in [-0.25, -0.2) is 0 Å². The van der Waals surface area contributed by atoms with Crippen LogP contribution in [-0.2, 0) is 15.0 Å². The summed E-state index contributed by atoms with van der Waals surface area (Å²) in [5, 5.41) is 9.63. The molecule has 4 nitrogen and oxygen atoms in total. The first-order valence-electron chi connectivity index (χ1n) is 8.01. The first kappa shape index (κ1) is 15.1. The van der Waals surface area contributed by atoms with E-state index in [4.69, 9.17) is 0 Å². The van der Waals surface area contributed by atoms with Gasteiger partial charge in [0.1, 0.15) is 0 Å². The summed E-state index contributed by atoms with van der Waals surface area (Å²) in [6.45, 7) is 4.77. The SMILES string of the molecule is CC(C)C1(C(=O)O)CCN(C(=O)C2(c3ccccc3)CC2)C1. The lowest BCUT2D eigenvalue weighted by atomic mass is 9.76. The third-order valence-corrected chi connectivity index (χ3v) is 5.60. The summed E-state index contributed by atoms with van der Waals surface area (Å²) in [5.41, 5.74) is -0.118. The molecule has 0 aromatic heterocycles. The summed E-state index contributed by atoms with van der Waals surface area (Å²) in [6, 6.07) is 9.89. The van der Waals surface area contributed by atoms with Crippen LogP contribution in [0.1, 0.15) is 38.7 Å². The molecule has 1 amide bonds. The molecule has 1 aliphatic carbocycles. The average Bonchev–Trinajstić information content (AvgIpc) is 3.18. The molecule has 0 bridgehead atoms. The summed E-state index contributed by atoms with van der Waals surface area (Å²) in [4.78, 5) is 26.5. The molecule has 1 atom stereocenters. The van der Waals surface area contributed by atoms with E-state index in [1.807, 2.05) is 44.2 Å². The van der Waals surface area contributed by atoms with Crippen LogP contribution < -0.4 is 0 Å². The highest BCUT2D eigenvalue weighted by molar-refractivity contribution is 5.92. The molecule has 1 aliphatic heterocycles. The molecule has 1 aromatic carbocycles. The minimum Gasteiger partial charge on any atom is -0.481 e. The molecule has 1 saturated heterocycles. The minimum atomic E-state index is -0.789. The Bertz CT molecular complexity index is 592. The summed E-state index contributed by atoms with van der Waals surface area (Å²) in [5.74, 6) is -0.639. The van der Waals surface area contributed by atoms with Gasteiger partial charge >= 0.3 is 5.97 Å². The zero-order chi connectivity index (χ0) is 16.0. The van der Waals surface area contributed by atoms with Crippen molar-refractivity contribution in [3.05, 3.63) is 35.9 Å². The second-order valence-corrected chi connectivity index (χ2v) is 7.04. The highest BCUT2D eigenvalue weighted by Gasteiger charge is 2.56. The van der Waals surface area contributed by atoms with Gasteiger partial charge in [-0.05, 0) is 30.7 Å². The molecular formula is C18H23NO3. The zero-order valence-corrected chi connectivity index (χ0v) is 13.2. The second kappa shape index (κ2) is 5.11. The van der Waals surface area contributed by atoms with Gasteiger partial charge in [-0.2, -0.15) is 0 Å². The lowest BCUT2D eigenvalue weighted by Gasteiger charge is -2.30. The van der Waals surface area contributed by atoms with Gasteiger partial charge in [-0.15, -0.1) is 0 Å². The third kappa shape index (κ3) is 2.13. The van der Waals surface area contributed by atoms with E-state index in [-0.39, 0.29) is 11.8 Å². The lowest BCUT2D eigenvalue weighted by Crippen LogP contribution is -2.43. The van der Waals surface area contributed by atoms with E-state index in [2.05, 4.69) is 0 Å². The average molecular weight is 301 g/mol. The number of hydrogen-bond acceptors (Lipinski definition) is 2. The number of aliphatic carboxylic acids is 1. The molecule has 3 rings (SSSR count). The summed E-state index contributed by atoms with van der Waals surface area (Å²) < 4.78 is 0. The smallest absolute Gasteiger partial charge is 0.311 e. The van der Waals surface area contributed by atoms with Crippen molar-refractivity contribution in [2.24, 2.45) is 11.3 Å². The largest absolute Gasteiger partial charge is 0.481 e. The van der Waals surface area contributed by atoms with Gasteiger partial charge in [0.2, 0.25) is 5.91 Å². The molecule has 1 unspecified atom stereocenters. The standard InChI is InChI=1S/C18H23NO3/c1-13(2)18(16(21)22)10-11-19(12-18)15(20)17(8-9-17)14-6-4-3-5-7-14/h3-7,13H,8-12H2,1-2H3,(H,21,22). The Morgan fingerprint density at radius 2 is 1.77 bits per heavy atom. The Morgan fingerprint density at radius 1 is 1.14 bits per heavy atom. The quantitative estimate of drug-likeness (QED) is 0.930. The Morgan fingerprint density at radius 3 is 2.23 bits per heavy atom. The Labute approximate surface area is 131 Å². The number of benzene rings is 1. The molecule has 22 heavy (non-hydrogen) atoms. The van der Waals surface area contributed by atoms with E-state index >= 15 is 0 Å². The number of carbonyl (C=O) groups is 2. The van der Waals surface area contributed by atoms with Crippen LogP contribution in [0, 0.1) is 11.3 Å². The maximum Gasteiger partial charge on any atom is 0.311 e. The fourth-order valence-electron chi connectivity index (χ4n) is 3.71. The van der Waals surface area contributed by atoms with Crippen molar-refractivity contribution in [3.63, 3.8) is 0 Å². The number of nitrogens with zero attached hydrogens (tertiary/aromatic N) is 1. The molecule has 1 N–H and O–H groups in total. The van der Waals surface area contributed by atoms with Gasteiger partial charge in [-0.3, -0.25) is 9.59 Å². The molecule has 2 aliphatic rings. The number of carbonyl (C=O) groups excluding carboxylic acids is 1. The Balaban J connectivity index is 1.82. The number of carboxylic acid groups (broad SMARTS) is 1. The van der Waals surface area contributed by atoms with Crippen molar-refractivity contribution in [1.29, 1.82) is 0 Å². The monoisotopic (exact) mass is 301 g/mol. The molecule has 2 fully saturated rings. The molecule has 118 valence electrons. The third-order valence-electron chi connectivity index (χ3n) is 5.60. The van der Waals surface area contributed by atoms with Crippen LogP contribution in [0.4, 0.5) is 0 Å². The van der Waals surface area contributed by atoms with Crippen LogP contribution in [0.5, 0.6) is 0 Å². The van der Waals surface area contributed by atoms with Crippen molar-refractivity contribution < 1.29 is 14.7 Å². The number of likely N-dealkylation sites (tertiary alicyclic amines) is 1. The molecule has 0 spiro atoms. The van der Waals surface area contributed by atoms with Gasteiger partial charge in [0, 0.05) is 13.1 Å². The van der Waals surface area contributed by atoms with Crippen molar-refractivity contribution in [1.82, 2.24) is 4.90 Å². The zero-order valence-electron chi connectivity index (χ0n) is 13.2. The first-order valence-corrected chi connectivity index (χ1v) is 8.01. The lowest BCUT2D eigenvalue weighted by molar-refractivity contribution is -0.151. The van der Waals surface area contributed by atoms with E-state index in [0.717, 1.165) is 18.4 Å². The number of hydrogen-bond donors (Lipinski definition) is 1. The van der Waals surface area contributed by atoms with Gasteiger partial charge in [0.15, 0.2) is 0 Å². The maximum atomic E-state index is 13.0. The molecule has 0 radical (unpaired) electrons. The van der Waals surface area contributed by atoms with Crippen molar-refractivity contribution in [2.75, 3.05) is 13.1 Å². The molecule has 1 heterocycles. The molecule has 4 heteroatoms. The number of amides is 1. The molecule has 1 aromatic rings. The molecule has 1 saturated carbocycles. The van der Waals surface area contributed by atoms with Crippen LogP contribution in [0.2, 0.25) is 0 Å². The predicted molar refractivity (Wildman–Crippen MR) is 83.5 cm³/mol. The van der Waals surface area contributed by atoms with Crippen molar-refractivity contribution in [2.45, 2.75) is 38.5 Å². The van der Waals surface area contributed by atoms with Crippen molar-refractivity contribution >= 4 is 11.9 Å².